The minimum absolute atomic E-state index is 0.216. The molecule has 0 unspecified atom stereocenters. The van der Waals surface area contributed by atoms with Crippen molar-refractivity contribution in [2.75, 3.05) is 39.4 Å². The minimum Gasteiger partial charge on any atom is -0.381 e. The van der Waals surface area contributed by atoms with Gasteiger partial charge in [0.1, 0.15) is 0 Å². The Kier molecular flexibility index (Phi) is 8.51. The molecule has 3 fully saturated rings. The fourth-order valence-corrected chi connectivity index (χ4v) is 5.34. The lowest BCUT2D eigenvalue weighted by Crippen LogP contribution is -2.51. The maximum Gasteiger partial charge on any atom is 0.222 e. The molecule has 3 aliphatic heterocycles. The zero-order chi connectivity index (χ0) is 22.2. The number of rotatable bonds is 7. The molecule has 3 saturated heterocycles. The zero-order valence-electron chi connectivity index (χ0n) is 19.2. The Bertz CT molecular complexity index is 722. The Labute approximate surface area is 191 Å². The van der Waals surface area contributed by atoms with E-state index in [0.717, 1.165) is 89.9 Å². The zero-order valence-corrected chi connectivity index (χ0v) is 19.2. The van der Waals surface area contributed by atoms with E-state index in [1.807, 2.05) is 23.2 Å². The van der Waals surface area contributed by atoms with E-state index in [1.165, 1.54) is 0 Å². The SMILES string of the molecule is O=C(CC1CCOCC1)NC1CCN(C2CCN(C(=O)CCc3cccnc3)CC2)CC1. The number of likely N-dealkylation sites (tertiary alicyclic amines) is 2. The van der Waals surface area contributed by atoms with Gasteiger partial charge in [0.2, 0.25) is 11.8 Å². The van der Waals surface area contributed by atoms with Crippen LogP contribution in [0.2, 0.25) is 0 Å². The molecule has 0 atom stereocenters. The molecule has 7 heteroatoms. The van der Waals surface area contributed by atoms with Crippen LogP contribution in [0.3, 0.4) is 0 Å². The molecule has 4 heterocycles. The molecule has 32 heavy (non-hydrogen) atoms. The smallest absolute Gasteiger partial charge is 0.222 e. The van der Waals surface area contributed by atoms with Gasteiger partial charge in [-0.2, -0.15) is 0 Å². The number of nitrogens with one attached hydrogen (secondary N) is 1. The molecular formula is C25H38N4O3. The van der Waals surface area contributed by atoms with Gasteiger partial charge >= 0.3 is 0 Å². The summed E-state index contributed by atoms with van der Waals surface area (Å²) in [7, 11) is 0. The number of hydrogen-bond acceptors (Lipinski definition) is 5. The number of ether oxygens (including phenoxy) is 1. The lowest BCUT2D eigenvalue weighted by molar-refractivity contribution is -0.132. The Hall–Kier alpha value is -1.99. The number of aryl methyl sites for hydroxylation is 1. The molecule has 0 spiro atoms. The van der Waals surface area contributed by atoms with Crippen LogP contribution < -0.4 is 5.32 Å². The molecule has 1 aromatic heterocycles. The summed E-state index contributed by atoms with van der Waals surface area (Å²) in [5.41, 5.74) is 1.12. The molecule has 4 rings (SSSR count). The van der Waals surface area contributed by atoms with Gasteiger partial charge in [0.15, 0.2) is 0 Å². The van der Waals surface area contributed by atoms with Crippen LogP contribution in [0.25, 0.3) is 0 Å². The third kappa shape index (κ3) is 6.75. The highest BCUT2D eigenvalue weighted by Gasteiger charge is 2.30. The maximum atomic E-state index is 12.6. The summed E-state index contributed by atoms with van der Waals surface area (Å²) in [6.45, 7) is 5.40. The first kappa shape index (κ1) is 23.2. The third-order valence-electron chi connectivity index (χ3n) is 7.39. The number of carbonyl (C=O) groups excluding carboxylic acids is 2. The van der Waals surface area contributed by atoms with Gasteiger partial charge in [0.25, 0.3) is 0 Å². The predicted octanol–water partition coefficient (Wildman–Crippen LogP) is 2.40. The van der Waals surface area contributed by atoms with E-state index in [4.69, 9.17) is 4.74 Å². The molecular weight excluding hydrogens is 404 g/mol. The van der Waals surface area contributed by atoms with Gasteiger partial charge < -0.3 is 19.9 Å². The van der Waals surface area contributed by atoms with Crippen molar-refractivity contribution in [1.29, 1.82) is 0 Å². The van der Waals surface area contributed by atoms with E-state index in [0.29, 0.717) is 30.8 Å². The topological polar surface area (TPSA) is 74.8 Å². The molecule has 2 amide bonds. The summed E-state index contributed by atoms with van der Waals surface area (Å²) in [5, 5.41) is 3.28. The highest BCUT2D eigenvalue weighted by atomic mass is 16.5. The molecule has 1 aromatic rings. The molecule has 0 bridgehead atoms. The van der Waals surface area contributed by atoms with Crippen LogP contribution in [0.5, 0.6) is 0 Å². The van der Waals surface area contributed by atoms with Crippen LogP contribution in [0.15, 0.2) is 24.5 Å². The molecule has 1 N–H and O–H groups in total. The van der Waals surface area contributed by atoms with Gasteiger partial charge in [-0.1, -0.05) is 6.07 Å². The van der Waals surface area contributed by atoms with Gasteiger partial charge in [-0.25, -0.2) is 0 Å². The summed E-state index contributed by atoms with van der Waals surface area (Å²) in [6.07, 6.45) is 11.8. The van der Waals surface area contributed by atoms with Crippen LogP contribution in [-0.2, 0) is 20.7 Å². The molecule has 0 radical (unpaired) electrons. The Morgan fingerprint density at radius 1 is 1.03 bits per heavy atom. The number of nitrogens with zero attached hydrogens (tertiary/aromatic N) is 3. The summed E-state index contributed by atoms with van der Waals surface area (Å²) >= 11 is 0. The molecule has 0 saturated carbocycles. The standard InChI is InChI=1S/C25H38N4O3/c30-24(18-20-9-16-32-17-10-20)27-22-5-12-28(13-6-22)23-7-14-29(15-8-23)25(31)4-3-21-2-1-11-26-19-21/h1-2,11,19-20,22-23H,3-10,12-18H2,(H,27,30). The van der Waals surface area contributed by atoms with Crippen LogP contribution in [0, 0.1) is 5.92 Å². The van der Waals surface area contributed by atoms with Crippen molar-refractivity contribution in [2.45, 2.75) is 69.9 Å². The first-order chi connectivity index (χ1) is 15.7. The van der Waals surface area contributed by atoms with Gasteiger partial charge in [0.05, 0.1) is 0 Å². The Balaban J connectivity index is 1.12. The Morgan fingerprint density at radius 2 is 1.78 bits per heavy atom. The van der Waals surface area contributed by atoms with Crippen LogP contribution in [-0.4, -0.2) is 78.1 Å². The van der Waals surface area contributed by atoms with Crippen LogP contribution in [0.1, 0.15) is 56.9 Å². The molecule has 0 aromatic carbocycles. The largest absolute Gasteiger partial charge is 0.381 e. The second-order valence-electron chi connectivity index (χ2n) is 9.61. The summed E-state index contributed by atoms with van der Waals surface area (Å²) in [6, 6.07) is 4.83. The number of piperidine rings is 2. The number of hydrogen-bond donors (Lipinski definition) is 1. The van der Waals surface area contributed by atoms with Gasteiger partial charge in [0, 0.05) is 76.7 Å². The van der Waals surface area contributed by atoms with Crippen molar-refractivity contribution in [3.8, 4) is 0 Å². The summed E-state index contributed by atoms with van der Waals surface area (Å²) < 4.78 is 5.39. The van der Waals surface area contributed by atoms with Gasteiger partial charge in [-0.3, -0.25) is 14.6 Å². The minimum atomic E-state index is 0.216. The lowest BCUT2D eigenvalue weighted by Gasteiger charge is -2.42. The quantitative estimate of drug-likeness (QED) is 0.702. The first-order valence-electron chi connectivity index (χ1n) is 12.4. The number of amides is 2. The lowest BCUT2D eigenvalue weighted by atomic mass is 9.95. The second kappa shape index (κ2) is 11.8. The fraction of sp³-hybridized carbons (Fsp3) is 0.720. The van der Waals surface area contributed by atoms with Crippen molar-refractivity contribution in [3.05, 3.63) is 30.1 Å². The van der Waals surface area contributed by atoms with E-state index in [2.05, 4.69) is 15.2 Å². The van der Waals surface area contributed by atoms with Crippen molar-refractivity contribution in [1.82, 2.24) is 20.1 Å². The van der Waals surface area contributed by atoms with Crippen LogP contribution >= 0.6 is 0 Å². The van der Waals surface area contributed by atoms with E-state index >= 15 is 0 Å². The normalized spacial score (nSPS) is 22.1. The van der Waals surface area contributed by atoms with E-state index in [-0.39, 0.29) is 11.8 Å². The number of carbonyl (C=O) groups is 2. The number of aromatic nitrogens is 1. The van der Waals surface area contributed by atoms with Crippen molar-refractivity contribution in [2.24, 2.45) is 5.92 Å². The summed E-state index contributed by atoms with van der Waals surface area (Å²) in [5.74, 6) is 0.966. The summed E-state index contributed by atoms with van der Waals surface area (Å²) in [4.78, 5) is 33.7. The first-order valence-corrected chi connectivity index (χ1v) is 12.4. The monoisotopic (exact) mass is 442 g/mol. The molecule has 176 valence electrons. The molecule has 3 aliphatic rings. The maximum absolute atomic E-state index is 12.6. The average molecular weight is 443 g/mol. The van der Waals surface area contributed by atoms with Crippen molar-refractivity contribution >= 4 is 11.8 Å². The average Bonchev–Trinajstić information content (AvgIpc) is 2.84. The molecule has 0 aliphatic carbocycles. The van der Waals surface area contributed by atoms with Gasteiger partial charge in [-0.15, -0.1) is 0 Å². The second-order valence-corrected chi connectivity index (χ2v) is 9.61. The Morgan fingerprint density at radius 3 is 2.47 bits per heavy atom. The number of pyridine rings is 1. The van der Waals surface area contributed by atoms with E-state index in [1.54, 1.807) is 6.20 Å². The predicted molar refractivity (Wildman–Crippen MR) is 123 cm³/mol. The fourth-order valence-electron chi connectivity index (χ4n) is 5.34. The van der Waals surface area contributed by atoms with Crippen LogP contribution in [0.4, 0.5) is 0 Å². The van der Waals surface area contributed by atoms with E-state index < -0.39 is 0 Å². The third-order valence-corrected chi connectivity index (χ3v) is 7.39. The van der Waals surface area contributed by atoms with Crippen molar-refractivity contribution < 1.29 is 14.3 Å². The molecule has 7 nitrogen and oxygen atoms in total. The van der Waals surface area contributed by atoms with E-state index in [9.17, 15) is 9.59 Å². The highest BCUT2D eigenvalue weighted by Crippen LogP contribution is 2.23. The van der Waals surface area contributed by atoms with Crippen molar-refractivity contribution in [3.63, 3.8) is 0 Å². The highest BCUT2D eigenvalue weighted by molar-refractivity contribution is 5.77. The van der Waals surface area contributed by atoms with Gasteiger partial charge in [-0.05, 0) is 62.5 Å².